The topological polar surface area (TPSA) is 94.2 Å². The molecule has 1 aromatic heterocycles. The van der Waals surface area contributed by atoms with Gasteiger partial charge in [0.1, 0.15) is 10.6 Å². The van der Waals surface area contributed by atoms with Crippen LogP contribution in [0.1, 0.15) is 49.1 Å². The van der Waals surface area contributed by atoms with Gasteiger partial charge in [0.15, 0.2) is 0 Å². The van der Waals surface area contributed by atoms with Gasteiger partial charge in [-0.3, -0.25) is 4.79 Å². The summed E-state index contributed by atoms with van der Waals surface area (Å²) < 4.78 is 24.6. The molecule has 20 heavy (non-hydrogen) atoms. The summed E-state index contributed by atoms with van der Waals surface area (Å²) in [7, 11) is -3.77. The van der Waals surface area contributed by atoms with E-state index in [1.165, 1.54) is 12.3 Å². The van der Waals surface area contributed by atoms with Crippen LogP contribution in [0.15, 0.2) is 17.2 Å². The van der Waals surface area contributed by atoms with E-state index in [2.05, 4.69) is 12.2 Å². The van der Waals surface area contributed by atoms with Gasteiger partial charge in [-0.15, -0.1) is 0 Å². The van der Waals surface area contributed by atoms with Gasteiger partial charge in [0, 0.05) is 18.3 Å². The van der Waals surface area contributed by atoms with E-state index < -0.39 is 10.0 Å². The number of rotatable bonds is 5. The monoisotopic (exact) mass is 297 g/mol. The maximum atomic E-state index is 12.3. The number of aromatic nitrogens is 1. The lowest BCUT2D eigenvalue weighted by Gasteiger charge is -2.08. The number of primary sulfonamides is 1. The fourth-order valence-electron chi connectivity index (χ4n) is 2.56. The molecule has 3 rings (SSSR count). The summed E-state index contributed by atoms with van der Waals surface area (Å²) >= 11 is 0. The molecule has 2 saturated carbocycles. The maximum absolute atomic E-state index is 12.3. The molecule has 7 heteroatoms. The van der Waals surface area contributed by atoms with Gasteiger partial charge in [0.25, 0.3) is 5.91 Å². The Labute approximate surface area is 118 Å². The summed E-state index contributed by atoms with van der Waals surface area (Å²) in [6.07, 6.45) is 5.48. The van der Waals surface area contributed by atoms with Crippen molar-refractivity contribution in [3.05, 3.63) is 18.0 Å². The fraction of sp³-hybridized carbons (Fsp3) is 0.615. The largest absolute Gasteiger partial charge is 0.348 e. The van der Waals surface area contributed by atoms with Gasteiger partial charge in [0.2, 0.25) is 10.0 Å². The van der Waals surface area contributed by atoms with Crippen molar-refractivity contribution in [2.75, 3.05) is 0 Å². The van der Waals surface area contributed by atoms with Crippen molar-refractivity contribution in [3.8, 4) is 0 Å². The van der Waals surface area contributed by atoms with Crippen LogP contribution in [0, 0.1) is 5.92 Å². The Morgan fingerprint density at radius 3 is 2.70 bits per heavy atom. The molecule has 2 fully saturated rings. The lowest BCUT2D eigenvalue weighted by atomic mass is 10.3. The third kappa shape index (κ3) is 2.60. The summed E-state index contributed by atoms with van der Waals surface area (Å²) in [5.74, 6) is 0.355. The highest BCUT2D eigenvalue weighted by atomic mass is 32.2. The summed E-state index contributed by atoms with van der Waals surface area (Å²) in [6.45, 7) is 2.10. The second kappa shape index (κ2) is 4.60. The standard InChI is InChI=1S/C13H19N3O3S/c1-2-8-5-11(8)15-13(17)12-6-10(20(14,18)19)7-16(12)9-3-4-9/h6-9,11H,2-5H2,1H3,(H,15,17)(H2,14,18,19). The molecule has 0 saturated heterocycles. The molecular weight excluding hydrogens is 278 g/mol. The molecule has 1 aromatic rings. The molecule has 1 heterocycles. The van der Waals surface area contributed by atoms with E-state index in [1.54, 1.807) is 4.57 Å². The molecule has 6 nitrogen and oxygen atoms in total. The number of carbonyl (C=O) groups is 1. The Bertz CT molecular complexity index is 646. The number of nitrogens with zero attached hydrogens (tertiary/aromatic N) is 1. The third-order valence-electron chi connectivity index (χ3n) is 4.09. The van der Waals surface area contributed by atoms with Gasteiger partial charge < -0.3 is 9.88 Å². The number of hydrogen-bond acceptors (Lipinski definition) is 3. The van der Waals surface area contributed by atoms with E-state index >= 15 is 0 Å². The Hall–Kier alpha value is -1.34. The number of carbonyl (C=O) groups excluding carboxylic acids is 1. The second-order valence-corrected chi connectivity index (χ2v) is 7.29. The van der Waals surface area contributed by atoms with E-state index in [4.69, 9.17) is 5.14 Å². The van der Waals surface area contributed by atoms with Gasteiger partial charge in [-0.1, -0.05) is 13.3 Å². The first-order valence-corrected chi connectivity index (χ1v) is 8.50. The van der Waals surface area contributed by atoms with E-state index in [9.17, 15) is 13.2 Å². The first-order chi connectivity index (χ1) is 9.40. The van der Waals surface area contributed by atoms with E-state index in [0.717, 1.165) is 25.7 Å². The van der Waals surface area contributed by atoms with Gasteiger partial charge in [-0.2, -0.15) is 0 Å². The molecule has 0 aromatic carbocycles. The van der Waals surface area contributed by atoms with Crippen LogP contribution in [0.2, 0.25) is 0 Å². The molecule has 2 unspecified atom stereocenters. The summed E-state index contributed by atoms with van der Waals surface area (Å²) in [5, 5.41) is 8.11. The minimum Gasteiger partial charge on any atom is -0.348 e. The zero-order valence-electron chi connectivity index (χ0n) is 11.4. The molecule has 3 N–H and O–H groups in total. The lowest BCUT2D eigenvalue weighted by Crippen LogP contribution is -2.28. The fourth-order valence-corrected chi connectivity index (χ4v) is 3.10. The molecule has 2 atom stereocenters. The molecule has 2 aliphatic carbocycles. The number of amides is 1. The summed E-state index contributed by atoms with van der Waals surface area (Å²) in [4.78, 5) is 12.3. The number of hydrogen-bond donors (Lipinski definition) is 2. The highest BCUT2D eigenvalue weighted by Crippen LogP contribution is 2.38. The van der Waals surface area contributed by atoms with E-state index in [1.807, 2.05) is 0 Å². The lowest BCUT2D eigenvalue weighted by molar-refractivity contribution is 0.0939. The van der Waals surface area contributed by atoms with Crippen LogP contribution in [-0.4, -0.2) is 24.9 Å². The van der Waals surface area contributed by atoms with Gasteiger partial charge in [-0.05, 0) is 31.2 Å². The third-order valence-corrected chi connectivity index (χ3v) is 4.97. The van der Waals surface area contributed by atoms with Crippen molar-refractivity contribution < 1.29 is 13.2 Å². The van der Waals surface area contributed by atoms with Crippen LogP contribution in [0.3, 0.4) is 0 Å². The van der Waals surface area contributed by atoms with Crippen molar-refractivity contribution >= 4 is 15.9 Å². The molecular formula is C13H19N3O3S. The number of sulfonamides is 1. The quantitative estimate of drug-likeness (QED) is 0.849. The SMILES string of the molecule is CCC1CC1NC(=O)c1cc(S(N)(=O)=O)cn1C1CC1. The molecule has 0 radical (unpaired) electrons. The van der Waals surface area contributed by atoms with Crippen molar-refractivity contribution in [2.24, 2.45) is 11.1 Å². The minimum absolute atomic E-state index is 0.0115. The Morgan fingerprint density at radius 2 is 2.20 bits per heavy atom. The zero-order valence-corrected chi connectivity index (χ0v) is 12.2. The number of nitrogens with one attached hydrogen (secondary N) is 1. The van der Waals surface area contributed by atoms with E-state index in [-0.39, 0.29) is 22.9 Å². The van der Waals surface area contributed by atoms with Crippen LogP contribution in [0.4, 0.5) is 0 Å². The molecule has 110 valence electrons. The normalized spacial score (nSPS) is 25.5. The maximum Gasteiger partial charge on any atom is 0.268 e. The van der Waals surface area contributed by atoms with Crippen LogP contribution in [0.5, 0.6) is 0 Å². The Kier molecular flexibility index (Phi) is 3.13. The Balaban J connectivity index is 1.84. The summed E-state index contributed by atoms with van der Waals surface area (Å²) in [6, 6.07) is 1.84. The van der Waals surface area contributed by atoms with Gasteiger partial charge >= 0.3 is 0 Å². The molecule has 0 aliphatic heterocycles. The van der Waals surface area contributed by atoms with Crippen LogP contribution < -0.4 is 10.5 Å². The zero-order chi connectivity index (χ0) is 14.5. The van der Waals surface area contributed by atoms with Gasteiger partial charge in [-0.25, -0.2) is 13.6 Å². The smallest absolute Gasteiger partial charge is 0.268 e. The first kappa shape index (κ1) is 13.6. The second-order valence-electron chi connectivity index (χ2n) is 5.73. The minimum atomic E-state index is -3.77. The first-order valence-electron chi connectivity index (χ1n) is 6.95. The molecule has 0 bridgehead atoms. The van der Waals surface area contributed by atoms with Crippen molar-refractivity contribution in [2.45, 2.75) is 49.6 Å². The van der Waals surface area contributed by atoms with Crippen molar-refractivity contribution in [1.82, 2.24) is 9.88 Å². The predicted octanol–water partition coefficient (Wildman–Crippen LogP) is 0.999. The van der Waals surface area contributed by atoms with Gasteiger partial charge in [0.05, 0.1) is 0 Å². The van der Waals surface area contributed by atoms with Crippen molar-refractivity contribution in [3.63, 3.8) is 0 Å². The Morgan fingerprint density at radius 1 is 1.50 bits per heavy atom. The molecule has 2 aliphatic rings. The average Bonchev–Trinajstić information content (AvgIpc) is 3.28. The predicted molar refractivity (Wildman–Crippen MR) is 73.7 cm³/mol. The van der Waals surface area contributed by atoms with Crippen LogP contribution in [-0.2, 0) is 10.0 Å². The molecule has 0 spiro atoms. The average molecular weight is 297 g/mol. The van der Waals surface area contributed by atoms with Crippen LogP contribution >= 0.6 is 0 Å². The van der Waals surface area contributed by atoms with Crippen molar-refractivity contribution in [1.29, 1.82) is 0 Å². The van der Waals surface area contributed by atoms with Crippen LogP contribution in [0.25, 0.3) is 0 Å². The highest BCUT2D eigenvalue weighted by molar-refractivity contribution is 7.89. The number of nitrogens with two attached hydrogens (primary N) is 1. The molecule has 1 amide bonds. The van der Waals surface area contributed by atoms with E-state index in [0.29, 0.717) is 11.6 Å². The summed E-state index contributed by atoms with van der Waals surface area (Å²) in [5.41, 5.74) is 0.401. The highest BCUT2D eigenvalue weighted by Gasteiger charge is 2.38.